The van der Waals surface area contributed by atoms with Crippen LogP contribution < -0.4 is 15.8 Å². The second-order valence-electron chi connectivity index (χ2n) is 4.18. The maximum absolute atomic E-state index is 12.2. The van der Waals surface area contributed by atoms with Crippen LogP contribution in [0.1, 0.15) is 12.8 Å². The number of pyridine rings is 1. The molecule has 1 fully saturated rings. The predicted molar refractivity (Wildman–Crippen MR) is 69.9 cm³/mol. The lowest BCUT2D eigenvalue weighted by molar-refractivity contribution is 0.427. The summed E-state index contributed by atoms with van der Waals surface area (Å²) in [5, 5.41) is 3.41. The third-order valence-electron chi connectivity index (χ3n) is 2.80. The van der Waals surface area contributed by atoms with Crippen molar-refractivity contribution in [2.45, 2.75) is 23.8 Å². The number of hydrogen-bond acceptors (Lipinski definition) is 5. The monoisotopic (exact) mass is 290 g/mol. The minimum absolute atomic E-state index is 0.0409. The van der Waals surface area contributed by atoms with Crippen LogP contribution in [0.2, 0.25) is 5.02 Å². The van der Waals surface area contributed by atoms with Crippen molar-refractivity contribution < 1.29 is 8.42 Å². The first-order valence-electron chi connectivity index (χ1n) is 5.63. The van der Waals surface area contributed by atoms with Crippen molar-refractivity contribution >= 4 is 27.4 Å². The molecular weight excluding hydrogens is 276 g/mol. The molecule has 0 amide bonds. The Hall–Kier alpha value is -0.890. The van der Waals surface area contributed by atoms with Crippen LogP contribution in [-0.4, -0.2) is 32.5 Å². The summed E-state index contributed by atoms with van der Waals surface area (Å²) < 4.78 is 27.0. The van der Waals surface area contributed by atoms with Gasteiger partial charge < -0.3 is 11.1 Å². The molecule has 0 spiro atoms. The molecule has 1 aliphatic rings. The summed E-state index contributed by atoms with van der Waals surface area (Å²) in [5.41, 5.74) is 5.58. The van der Waals surface area contributed by atoms with E-state index < -0.39 is 10.0 Å². The molecule has 1 aromatic heterocycles. The molecule has 0 atom stereocenters. The molecule has 2 heterocycles. The van der Waals surface area contributed by atoms with Gasteiger partial charge in [-0.25, -0.2) is 18.1 Å². The molecule has 4 N–H and O–H groups in total. The number of anilines is 1. The lowest BCUT2D eigenvalue weighted by Gasteiger charge is -2.23. The maximum Gasteiger partial charge on any atom is 0.244 e. The van der Waals surface area contributed by atoms with Crippen molar-refractivity contribution in [3.05, 3.63) is 17.3 Å². The molecule has 0 saturated carbocycles. The van der Waals surface area contributed by atoms with Crippen LogP contribution in [0.25, 0.3) is 0 Å². The SMILES string of the molecule is Nc1ncc(Cl)cc1S(=O)(=O)NC1CCNCC1. The first kappa shape index (κ1) is 13.5. The van der Waals surface area contributed by atoms with Gasteiger partial charge in [0.15, 0.2) is 0 Å². The quantitative estimate of drug-likeness (QED) is 0.746. The summed E-state index contributed by atoms with van der Waals surface area (Å²) in [6.45, 7) is 1.60. The van der Waals surface area contributed by atoms with E-state index in [1.54, 1.807) is 0 Å². The summed E-state index contributed by atoms with van der Waals surface area (Å²) in [6, 6.07) is 1.24. The van der Waals surface area contributed by atoms with E-state index >= 15 is 0 Å². The third kappa shape index (κ3) is 3.11. The van der Waals surface area contributed by atoms with Crippen LogP contribution in [0.3, 0.4) is 0 Å². The highest BCUT2D eigenvalue weighted by molar-refractivity contribution is 7.89. The minimum Gasteiger partial charge on any atom is -0.383 e. The van der Waals surface area contributed by atoms with E-state index in [4.69, 9.17) is 17.3 Å². The van der Waals surface area contributed by atoms with Crippen molar-refractivity contribution in [2.24, 2.45) is 0 Å². The average molecular weight is 291 g/mol. The van der Waals surface area contributed by atoms with Crippen LogP contribution >= 0.6 is 11.6 Å². The molecule has 1 saturated heterocycles. The smallest absolute Gasteiger partial charge is 0.244 e. The Balaban J connectivity index is 2.21. The Morgan fingerprint density at radius 2 is 2.11 bits per heavy atom. The number of halogens is 1. The van der Waals surface area contributed by atoms with Crippen LogP contribution in [0.5, 0.6) is 0 Å². The third-order valence-corrected chi connectivity index (χ3v) is 4.56. The molecule has 0 aromatic carbocycles. The highest BCUT2D eigenvalue weighted by atomic mass is 35.5. The van der Waals surface area contributed by atoms with Gasteiger partial charge in [-0.2, -0.15) is 0 Å². The van der Waals surface area contributed by atoms with Crippen LogP contribution in [0.15, 0.2) is 17.2 Å². The van der Waals surface area contributed by atoms with E-state index in [-0.39, 0.29) is 21.8 Å². The average Bonchev–Trinajstić information content (AvgIpc) is 2.33. The second-order valence-corrected chi connectivity index (χ2v) is 6.30. The molecule has 18 heavy (non-hydrogen) atoms. The zero-order valence-corrected chi connectivity index (χ0v) is 11.3. The molecule has 1 aromatic rings. The van der Waals surface area contributed by atoms with Gasteiger partial charge in [-0.3, -0.25) is 0 Å². The van der Waals surface area contributed by atoms with Crippen LogP contribution in [-0.2, 0) is 10.0 Å². The zero-order valence-electron chi connectivity index (χ0n) is 9.69. The van der Waals surface area contributed by atoms with E-state index in [2.05, 4.69) is 15.0 Å². The van der Waals surface area contributed by atoms with Crippen LogP contribution in [0.4, 0.5) is 5.82 Å². The van der Waals surface area contributed by atoms with E-state index in [9.17, 15) is 8.42 Å². The number of sulfonamides is 1. The Kier molecular flexibility index (Phi) is 4.06. The Morgan fingerprint density at radius 3 is 2.78 bits per heavy atom. The molecular formula is C10H15ClN4O2S. The highest BCUT2D eigenvalue weighted by Gasteiger charge is 2.24. The first-order valence-corrected chi connectivity index (χ1v) is 7.49. The molecule has 0 aliphatic carbocycles. The molecule has 8 heteroatoms. The van der Waals surface area contributed by atoms with Crippen LogP contribution in [0, 0.1) is 0 Å². The molecule has 6 nitrogen and oxygen atoms in total. The number of nitrogens with one attached hydrogen (secondary N) is 2. The van der Waals surface area contributed by atoms with Crippen molar-refractivity contribution in [3.8, 4) is 0 Å². The van der Waals surface area contributed by atoms with Gasteiger partial charge >= 0.3 is 0 Å². The van der Waals surface area contributed by atoms with Gasteiger partial charge in [0.1, 0.15) is 10.7 Å². The lowest BCUT2D eigenvalue weighted by Crippen LogP contribution is -2.42. The standard InChI is InChI=1S/C10H15ClN4O2S/c11-7-5-9(10(12)14-6-7)18(16,17)15-8-1-3-13-4-2-8/h5-6,8,13,15H,1-4H2,(H2,12,14). The fraction of sp³-hybridized carbons (Fsp3) is 0.500. The van der Waals surface area contributed by atoms with Gasteiger partial charge in [-0.1, -0.05) is 11.6 Å². The summed E-state index contributed by atoms with van der Waals surface area (Å²) in [6.07, 6.45) is 2.83. The molecule has 1 aliphatic heterocycles. The molecule has 0 radical (unpaired) electrons. The summed E-state index contributed by atoms with van der Waals surface area (Å²) in [5.74, 6) is -0.0409. The lowest BCUT2D eigenvalue weighted by atomic mass is 10.1. The molecule has 2 rings (SSSR count). The summed E-state index contributed by atoms with van der Waals surface area (Å²) >= 11 is 5.75. The van der Waals surface area contributed by atoms with Gasteiger partial charge in [0.2, 0.25) is 10.0 Å². The van der Waals surface area contributed by atoms with E-state index in [1.807, 2.05) is 0 Å². The number of aromatic nitrogens is 1. The molecule has 0 bridgehead atoms. The summed E-state index contributed by atoms with van der Waals surface area (Å²) in [7, 11) is -3.66. The fourth-order valence-corrected chi connectivity index (χ4v) is 3.50. The maximum atomic E-state index is 12.2. The van der Waals surface area contributed by atoms with Gasteiger partial charge in [-0.15, -0.1) is 0 Å². The Morgan fingerprint density at radius 1 is 1.44 bits per heavy atom. The normalized spacial score (nSPS) is 17.8. The Labute approximate surface area is 111 Å². The van der Waals surface area contributed by atoms with Gasteiger partial charge in [0, 0.05) is 12.2 Å². The molecule has 0 unspecified atom stereocenters. The number of hydrogen-bond donors (Lipinski definition) is 3. The fourth-order valence-electron chi connectivity index (χ4n) is 1.87. The van der Waals surface area contributed by atoms with E-state index in [0.29, 0.717) is 0 Å². The predicted octanol–water partition coefficient (Wildman–Crippen LogP) is 0.347. The number of rotatable bonds is 3. The number of nitrogens with zero attached hydrogens (tertiary/aromatic N) is 1. The van der Waals surface area contributed by atoms with Crippen molar-refractivity contribution in [1.29, 1.82) is 0 Å². The second kappa shape index (κ2) is 5.40. The number of nitrogens with two attached hydrogens (primary N) is 1. The zero-order chi connectivity index (χ0) is 13.2. The minimum atomic E-state index is -3.66. The van der Waals surface area contributed by atoms with Crippen molar-refractivity contribution in [2.75, 3.05) is 18.8 Å². The van der Waals surface area contributed by atoms with Gasteiger partial charge in [0.25, 0.3) is 0 Å². The van der Waals surface area contributed by atoms with Crippen molar-refractivity contribution in [3.63, 3.8) is 0 Å². The Bertz CT molecular complexity index is 529. The first-order chi connectivity index (χ1) is 8.49. The topological polar surface area (TPSA) is 97.1 Å². The van der Waals surface area contributed by atoms with Gasteiger partial charge in [-0.05, 0) is 32.0 Å². The van der Waals surface area contributed by atoms with Crippen molar-refractivity contribution in [1.82, 2.24) is 15.0 Å². The van der Waals surface area contributed by atoms with E-state index in [1.165, 1.54) is 12.3 Å². The summed E-state index contributed by atoms with van der Waals surface area (Å²) in [4.78, 5) is 3.69. The largest absolute Gasteiger partial charge is 0.383 e. The molecule has 100 valence electrons. The number of nitrogen functional groups attached to an aromatic ring is 1. The van der Waals surface area contributed by atoms with Gasteiger partial charge in [0.05, 0.1) is 5.02 Å². The highest BCUT2D eigenvalue weighted by Crippen LogP contribution is 2.21. The number of piperidine rings is 1. The van der Waals surface area contributed by atoms with E-state index in [0.717, 1.165) is 25.9 Å².